The van der Waals surface area contributed by atoms with Crippen LogP contribution in [0, 0.1) is 5.82 Å². The predicted molar refractivity (Wildman–Crippen MR) is 77.2 cm³/mol. The van der Waals surface area contributed by atoms with Gasteiger partial charge >= 0.3 is 0 Å². The van der Waals surface area contributed by atoms with Crippen molar-refractivity contribution in [1.29, 1.82) is 0 Å². The molecule has 1 N–H and O–H groups in total. The summed E-state index contributed by atoms with van der Waals surface area (Å²) in [7, 11) is 0. The molecule has 2 aliphatic rings. The molecular formula is C16H19FN2O2. The number of halogens is 1. The van der Waals surface area contributed by atoms with E-state index in [4.69, 9.17) is 0 Å². The molecule has 1 aliphatic carbocycles. The molecule has 0 spiro atoms. The minimum absolute atomic E-state index is 0.0683. The summed E-state index contributed by atoms with van der Waals surface area (Å²) >= 11 is 0. The van der Waals surface area contributed by atoms with Gasteiger partial charge in [-0.1, -0.05) is 19.3 Å². The largest absolute Gasteiger partial charge is 0.373 e. The molecule has 1 saturated carbocycles. The lowest BCUT2D eigenvalue weighted by molar-refractivity contribution is -0.141. The Morgan fingerprint density at radius 3 is 2.38 bits per heavy atom. The fourth-order valence-electron chi connectivity index (χ4n) is 3.23. The van der Waals surface area contributed by atoms with Gasteiger partial charge in [0.05, 0.1) is 6.42 Å². The van der Waals surface area contributed by atoms with Crippen molar-refractivity contribution in [3.63, 3.8) is 0 Å². The van der Waals surface area contributed by atoms with E-state index in [0.717, 1.165) is 25.7 Å². The lowest BCUT2D eigenvalue weighted by Crippen LogP contribution is -2.43. The number of imide groups is 1. The van der Waals surface area contributed by atoms with Gasteiger partial charge in [-0.2, -0.15) is 0 Å². The molecule has 1 atom stereocenters. The second-order valence-electron chi connectivity index (χ2n) is 5.80. The summed E-state index contributed by atoms with van der Waals surface area (Å²) in [5.74, 6) is -0.555. The normalized spacial score (nSPS) is 23.7. The number of amides is 2. The summed E-state index contributed by atoms with van der Waals surface area (Å²) < 4.78 is 12.9. The van der Waals surface area contributed by atoms with Crippen molar-refractivity contribution in [2.45, 2.75) is 50.6 Å². The summed E-state index contributed by atoms with van der Waals surface area (Å²) in [6, 6.07) is 5.38. The predicted octanol–water partition coefficient (Wildman–Crippen LogP) is 2.70. The quantitative estimate of drug-likeness (QED) is 0.871. The van der Waals surface area contributed by atoms with Crippen LogP contribution in [-0.4, -0.2) is 28.8 Å². The zero-order chi connectivity index (χ0) is 14.8. The molecular weight excluding hydrogens is 271 g/mol. The number of benzene rings is 1. The number of carbonyl (C=O) groups excluding carboxylic acids is 2. The fourth-order valence-corrected chi connectivity index (χ4v) is 3.23. The first-order valence-electron chi connectivity index (χ1n) is 7.53. The van der Waals surface area contributed by atoms with Gasteiger partial charge < -0.3 is 5.32 Å². The highest BCUT2D eigenvalue weighted by atomic mass is 19.1. The summed E-state index contributed by atoms with van der Waals surface area (Å²) in [6.45, 7) is 0. The van der Waals surface area contributed by atoms with Crippen molar-refractivity contribution in [2.75, 3.05) is 5.32 Å². The molecule has 1 aromatic rings. The SMILES string of the molecule is O=C1CC(Nc2ccc(F)cc2)C(=O)N1C1CCCCC1. The van der Waals surface area contributed by atoms with Crippen molar-refractivity contribution in [2.24, 2.45) is 0 Å². The number of rotatable bonds is 3. The topological polar surface area (TPSA) is 49.4 Å². The van der Waals surface area contributed by atoms with Crippen molar-refractivity contribution >= 4 is 17.5 Å². The summed E-state index contributed by atoms with van der Waals surface area (Å²) in [5.41, 5.74) is 0.660. The van der Waals surface area contributed by atoms with Gasteiger partial charge in [-0.3, -0.25) is 14.5 Å². The van der Waals surface area contributed by atoms with Crippen LogP contribution in [-0.2, 0) is 9.59 Å². The Kier molecular flexibility index (Phi) is 3.90. The highest BCUT2D eigenvalue weighted by molar-refractivity contribution is 6.07. The van der Waals surface area contributed by atoms with Crippen molar-refractivity contribution < 1.29 is 14.0 Å². The minimum Gasteiger partial charge on any atom is -0.373 e. The Bertz CT molecular complexity index is 538. The third-order valence-electron chi connectivity index (χ3n) is 4.31. The van der Waals surface area contributed by atoms with Gasteiger partial charge in [0.2, 0.25) is 5.91 Å². The number of likely N-dealkylation sites (tertiary alicyclic amines) is 1. The van der Waals surface area contributed by atoms with Crippen LogP contribution in [0.25, 0.3) is 0 Å². The molecule has 4 nitrogen and oxygen atoms in total. The van der Waals surface area contributed by atoms with Crippen LogP contribution in [0.5, 0.6) is 0 Å². The molecule has 21 heavy (non-hydrogen) atoms. The van der Waals surface area contributed by atoms with Crippen LogP contribution in [0.2, 0.25) is 0 Å². The van der Waals surface area contributed by atoms with E-state index in [1.165, 1.54) is 23.5 Å². The molecule has 2 fully saturated rings. The molecule has 0 radical (unpaired) electrons. The fraction of sp³-hybridized carbons (Fsp3) is 0.500. The van der Waals surface area contributed by atoms with Gasteiger partial charge in [0.15, 0.2) is 0 Å². The molecule has 112 valence electrons. The van der Waals surface area contributed by atoms with Gasteiger partial charge in [0.25, 0.3) is 5.91 Å². The Labute approximate surface area is 123 Å². The van der Waals surface area contributed by atoms with E-state index in [0.29, 0.717) is 5.69 Å². The molecule has 1 aliphatic heterocycles. The zero-order valence-corrected chi connectivity index (χ0v) is 11.8. The highest BCUT2D eigenvalue weighted by Gasteiger charge is 2.42. The maximum absolute atomic E-state index is 12.9. The average molecular weight is 290 g/mol. The van der Waals surface area contributed by atoms with E-state index in [-0.39, 0.29) is 30.1 Å². The molecule has 1 unspecified atom stereocenters. The van der Waals surface area contributed by atoms with Gasteiger partial charge in [0, 0.05) is 11.7 Å². The standard InChI is InChI=1S/C16H19FN2O2/c17-11-6-8-12(9-7-11)18-14-10-15(20)19(16(14)21)13-4-2-1-3-5-13/h6-9,13-14,18H,1-5,10H2. The van der Waals surface area contributed by atoms with Crippen LogP contribution < -0.4 is 5.32 Å². The maximum Gasteiger partial charge on any atom is 0.252 e. The monoisotopic (exact) mass is 290 g/mol. The molecule has 1 aromatic carbocycles. The first-order valence-corrected chi connectivity index (χ1v) is 7.53. The lowest BCUT2D eigenvalue weighted by Gasteiger charge is -2.29. The van der Waals surface area contributed by atoms with E-state index in [2.05, 4.69) is 5.32 Å². The molecule has 5 heteroatoms. The van der Waals surface area contributed by atoms with Gasteiger partial charge in [-0.05, 0) is 37.1 Å². The van der Waals surface area contributed by atoms with Crippen molar-refractivity contribution in [1.82, 2.24) is 4.90 Å². The molecule has 0 bridgehead atoms. The Balaban J connectivity index is 1.69. The van der Waals surface area contributed by atoms with E-state index >= 15 is 0 Å². The Hall–Kier alpha value is -1.91. The van der Waals surface area contributed by atoms with E-state index < -0.39 is 6.04 Å². The second-order valence-corrected chi connectivity index (χ2v) is 5.80. The van der Waals surface area contributed by atoms with Crippen LogP contribution in [0.4, 0.5) is 10.1 Å². The average Bonchev–Trinajstić information content (AvgIpc) is 2.77. The molecule has 1 heterocycles. The highest BCUT2D eigenvalue weighted by Crippen LogP contribution is 2.28. The minimum atomic E-state index is -0.523. The van der Waals surface area contributed by atoms with Gasteiger partial charge in [0.1, 0.15) is 11.9 Å². The van der Waals surface area contributed by atoms with E-state index in [9.17, 15) is 14.0 Å². The summed E-state index contributed by atoms with van der Waals surface area (Å²) in [4.78, 5) is 26.1. The summed E-state index contributed by atoms with van der Waals surface area (Å²) in [6.07, 6.45) is 5.37. The molecule has 0 aromatic heterocycles. The lowest BCUT2D eigenvalue weighted by atomic mass is 9.94. The number of hydrogen-bond acceptors (Lipinski definition) is 3. The number of hydrogen-bond donors (Lipinski definition) is 1. The second kappa shape index (κ2) is 5.84. The van der Waals surface area contributed by atoms with Crippen molar-refractivity contribution in [3.8, 4) is 0 Å². The number of carbonyl (C=O) groups is 2. The number of nitrogens with zero attached hydrogens (tertiary/aromatic N) is 1. The van der Waals surface area contributed by atoms with Crippen LogP contribution >= 0.6 is 0 Å². The first-order chi connectivity index (χ1) is 10.1. The smallest absolute Gasteiger partial charge is 0.252 e. The van der Waals surface area contributed by atoms with Crippen LogP contribution in [0.1, 0.15) is 38.5 Å². The third-order valence-corrected chi connectivity index (χ3v) is 4.31. The number of nitrogens with one attached hydrogen (secondary N) is 1. The zero-order valence-electron chi connectivity index (χ0n) is 11.8. The Morgan fingerprint density at radius 2 is 1.71 bits per heavy atom. The third kappa shape index (κ3) is 2.91. The first kappa shape index (κ1) is 14.0. The number of anilines is 1. The van der Waals surface area contributed by atoms with Crippen molar-refractivity contribution in [3.05, 3.63) is 30.1 Å². The van der Waals surface area contributed by atoms with E-state index in [1.807, 2.05) is 0 Å². The summed E-state index contributed by atoms with van der Waals surface area (Å²) in [5, 5.41) is 3.04. The van der Waals surface area contributed by atoms with Crippen LogP contribution in [0.3, 0.4) is 0 Å². The Morgan fingerprint density at radius 1 is 1.05 bits per heavy atom. The van der Waals surface area contributed by atoms with E-state index in [1.54, 1.807) is 12.1 Å². The molecule has 1 saturated heterocycles. The molecule has 3 rings (SSSR count). The maximum atomic E-state index is 12.9. The van der Waals surface area contributed by atoms with Gasteiger partial charge in [-0.25, -0.2) is 4.39 Å². The van der Waals surface area contributed by atoms with Gasteiger partial charge in [-0.15, -0.1) is 0 Å². The van der Waals surface area contributed by atoms with Crippen LogP contribution in [0.15, 0.2) is 24.3 Å². The molecule has 2 amide bonds.